The summed E-state index contributed by atoms with van der Waals surface area (Å²) in [6.45, 7) is 0. The van der Waals surface area contributed by atoms with Crippen molar-refractivity contribution in [1.82, 2.24) is 4.98 Å². The molecule has 0 saturated heterocycles. The van der Waals surface area contributed by atoms with Gasteiger partial charge in [-0.15, -0.1) is 0 Å². The van der Waals surface area contributed by atoms with Crippen LogP contribution in [0.25, 0.3) is 0 Å². The van der Waals surface area contributed by atoms with Gasteiger partial charge < -0.3 is 4.74 Å². The molecule has 0 bridgehead atoms. The lowest BCUT2D eigenvalue weighted by atomic mass is 10.3. The number of rotatable bonds is 2. The summed E-state index contributed by atoms with van der Waals surface area (Å²) >= 11 is 3.22. The van der Waals surface area contributed by atoms with Crippen LogP contribution >= 0.6 is 15.9 Å². The van der Waals surface area contributed by atoms with Gasteiger partial charge in [0.1, 0.15) is 23.1 Å². The van der Waals surface area contributed by atoms with E-state index in [0.717, 1.165) is 18.2 Å². The third-order valence-corrected chi connectivity index (χ3v) is 2.39. The summed E-state index contributed by atoms with van der Waals surface area (Å²) in [5, 5.41) is 0. The van der Waals surface area contributed by atoms with Gasteiger partial charge >= 0.3 is 0 Å². The van der Waals surface area contributed by atoms with Gasteiger partial charge in [-0.05, 0) is 15.9 Å². The molecule has 1 aromatic carbocycles. The smallest absolute Gasteiger partial charge is 0.144 e. The molecule has 0 saturated carbocycles. The molecule has 1 heterocycles. The highest BCUT2D eigenvalue weighted by molar-refractivity contribution is 9.10. The van der Waals surface area contributed by atoms with Crippen LogP contribution < -0.4 is 4.74 Å². The van der Waals surface area contributed by atoms with Crippen molar-refractivity contribution >= 4 is 15.9 Å². The van der Waals surface area contributed by atoms with E-state index in [1.807, 2.05) is 0 Å². The Hall–Kier alpha value is -1.49. The van der Waals surface area contributed by atoms with Gasteiger partial charge in [-0.1, -0.05) is 0 Å². The van der Waals surface area contributed by atoms with Crippen molar-refractivity contribution in [3.63, 3.8) is 0 Å². The average molecular weight is 286 g/mol. The van der Waals surface area contributed by atoms with Gasteiger partial charge in [-0.3, -0.25) is 4.98 Å². The largest absolute Gasteiger partial charge is 0.456 e. The van der Waals surface area contributed by atoms with Crippen LogP contribution in [0, 0.1) is 11.6 Å². The van der Waals surface area contributed by atoms with E-state index in [0.29, 0.717) is 10.2 Å². The standard InChI is InChI=1S/C11H6BrF2NO/c12-10-6-15-2-1-11(10)16-9-4-7(13)3-8(14)5-9/h1-6H. The second-order valence-corrected chi connectivity index (χ2v) is 3.87. The summed E-state index contributed by atoms with van der Waals surface area (Å²) in [5.41, 5.74) is 0. The van der Waals surface area contributed by atoms with Crippen molar-refractivity contribution in [3.8, 4) is 11.5 Å². The van der Waals surface area contributed by atoms with Crippen LogP contribution in [0.2, 0.25) is 0 Å². The Morgan fingerprint density at radius 2 is 1.81 bits per heavy atom. The number of pyridine rings is 1. The van der Waals surface area contributed by atoms with Crippen molar-refractivity contribution in [1.29, 1.82) is 0 Å². The Balaban J connectivity index is 2.30. The van der Waals surface area contributed by atoms with Crippen LogP contribution in [0.1, 0.15) is 0 Å². The molecule has 0 aliphatic heterocycles. The molecule has 1 aromatic heterocycles. The van der Waals surface area contributed by atoms with Crippen LogP contribution in [0.5, 0.6) is 11.5 Å². The molecule has 0 N–H and O–H groups in total. The summed E-state index contributed by atoms with van der Waals surface area (Å²) in [4.78, 5) is 3.85. The van der Waals surface area contributed by atoms with Gasteiger partial charge in [0.15, 0.2) is 0 Å². The molecule has 0 unspecified atom stereocenters. The first-order valence-electron chi connectivity index (χ1n) is 4.38. The molecule has 0 atom stereocenters. The van der Waals surface area contributed by atoms with E-state index in [4.69, 9.17) is 4.74 Å². The van der Waals surface area contributed by atoms with E-state index >= 15 is 0 Å². The van der Waals surface area contributed by atoms with Gasteiger partial charge in [0.2, 0.25) is 0 Å². The second kappa shape index (κ2) is 4.57. The van der Waals surface area contributed by atoms with Crippen molar-refractivity contribution in [2.45, 2.75) is 0 Å². The Labute approximate surface area is 99.0 Å². The van der Waals surface area contributed by atoms with E-state index < -0.39 is 11.6 Å². The highest BCUT2D eigenvalue weighted by atomic mass is 79.9. The predicted molar refractivity (Wildman–Crippen MR) is 58.4 cm³/mol. The lowest BCUT2D eigenvalue weighted by Crippen LogP contribution is -1.88. The van der Waals surface area contributed by atoms with Gasteiger partial charge in [-0.25, -0.2) is 8.78 Å². The Morgan fingerprint density at radius 3 is 2.44 bits per heavy atom. The lowest BCUT2D eigenvalue weighted by Gasteiger charge is -2.07. The third kappa shape index (κ3) is 2.55. The number of halogens is 3. The van der Waals surface area contributed by atoms with E-state index in [1.165, 1.54) is 12.4 Å². The van der Waals surface area contributed by atoms with E-state index in [-0.39, 0.29) is 5.75 Å². The maximum Gasteiger partial charge on any atom is 0.144 e. The summed E-state index contributed by atoms with van der Waals surface area (Å²) < 4.78 is 31.7. The Bertz CT molecular complexity index is 499. The van der Waals surface area contributed by atoms with Crippen molar-refractivity contribution in [2.24, 2.45) is 0 Å². The lowest BCUT2D eigenvalue weighted by molar-refractivity contribution is 0.465. The fourth-order valence-electron chi connectivity index (χ4n) is 1.16. The first-order chi connectivity index (χ1) is 7.65. The minimum Gasteiger partial charge on any atom is -0.456 e. The SMILES string of the molecule is Fc1cc(F)cc(Oc2ccncc2Br)c1. The highest BCUT2D eigenvalue weighted by Crippen LogP contribution is 2.29. The zero-order chi connectivity index (χ0) is 11.5. The van der Waals surface area contributed by atoms with Gasteiger partial charge in [-0.2, -0.15) is 0 Å². The molecule has 2 rings (SSSR count). The van der Waals surface area contributed by atoms with Crippen molar-refractivity contribution in [2.75, 3.05) is 0 Å². The van der Waals surface area contributed by atoms with Crippen LogP contribution in [-0.4, -0.2) is 4.98 Å². The van der Waals surface area contributed by atoms with Crippen molar-refractivity contribution < 1.29 is 13.5 Å². The molecule has 0 amide bonds. The molecule has 5 heteroatoms. The van der Waals surface area contributed by atoms with Crippen LogP contribution in [0.15, 0.2) is 41.1 Å². The first-order valence-corrected chi connectivity index (χ1v) is 5.18. The number of aromatic nitrogens is 1. The van der Waals surface area contributed by atoms with Crippen LogP contribution in [0.4, 0.5) is 8.78 Å². The quantitative estimate of drug-likeness (QED) is 0.835. The second-order valence-electron chi connectivity index (χ2n) is 3.01. The molecule has 0 radical (unpaired) electrons. The zero-order valence-electron chi connectivity index (χ0n) is 7.95. The third-order valence-electron chi connectivity index (χ3n) is 1.80. The fraction of sp³-hybridized carbons (Fsp3) is 0. The summed E-state index contributed by atoms with van der Waals surface area (Å²) in [7, 11) is 0. The maximum atomic E-state index is 12.9. The molecule has 2 nitrogen and oxygen atoms in total. The van der Waals surface area contributed by atoms with Gasteiger partial charge in [0.25, 0.3) is 0 Å². The molecule has 82 valence electrons. The molecular weight excluding hydrogens is 280 g/mol. The number of hydrogen-bond donors (Lipinski definition) is 0. The molecule has 0 aliphatic carbocycles. The van der Waals surface area contributed by atoms with Crippen LogP contribution in [0.3, 0.4) is 0 Å². The molecule has 16 heavy (non-hydrogen) atoms. The summed E-state index contributed by atoms with van der Waals surface area (Å²) in [6.07, 6.45) is 3.06. The zero-order valence-corrected chi connectivity index (χ0v) is 9.54. The minimum atomic E-state index is -0.680. The van der Waals surface area contributed by atoms with E-state index in [9.17, 15) is 8.78 Å². The maximum absolute atomic E-state index is 12.9. The number of benzene rings is 1. The highest BCUT2D eigenvalue weighted by Gasteiger charge is 2.05. The molecular formula is C11H6BrF2NO. The van der Waals surface area contributed by atoms with Crippen molar-refractivity contribution in [3.05, 3.63) is 52.8 Å². The van der Waals surface area contributed by atoms with E-state index in [1.54, 1.807) is 6.07 Å². The van der Waals surface area contributed by atoms with E-state index in [2.05, 4.69) is 20.9 Å². The molecule has 0 spiro atoms. The van der Waals surface area contributed by atoms with Gasteiger partial charge in [0.05, 0.1) is 4.47 Å². The number of nitrogens with zero attached hydrogens (tertiary/aromatic N) is 1. The molecule has 0 fully saturated rings. The minimum absolute atomic E-state index is 0.101. The molecule has 2 aromatic rings. The predicted octanol–water partition coefficient (Wildman–Crippen LogP) is 3.91. The Morgan fingerprint density at radius 1 is 1.12 bits per heavy atom. The normalized spacial score (nSPS) is 10.2. The average Bonchev–Trinajstić information content (AvgIpc) is 2.20. The monoisotopic (exact) mass is 285 g/mol. The number of hydrogen-bond acceptors (Lipinski definition) is 2. The first kappa shape index (κ1) is 11.0. The molecule has 0 aliphatic rings. The number of ether oxygens (including phenoxy) is 1. The summed E-state index contributed by atoms with van der Waals surface area (Å²) in [5.74, 6) is -0.815. The summed E-state index contributed by atoms with van der Waals surface area (Å²) in [6, 6.07) is 4.59. The van der Waals surface area contributed by atoms with Gasteiger partial charge in [0, 0.05) is 36.7 Å². The Kier molecular flexibility index (Phi) is 3.14. The topological polar surface area (TPSA) is 22.1 Å². The fourth-order valence-corrected chi connectivity index (χ4v) is 1.49. The van der Waals surface area contributed by atoms with Crippen LogP contribution in [-0.2, 0) is 0 Å².